The molecule has 2 amide bonds. The van der Waals surface area contributed by atoms with Crippen molar-refractivity contribution >= 4 is 29.4 Å². The Balaban J connectivity index is 1.60. The van der Waals surface area contributed by atoms with Gasteiger partial charge in [-0.15, -0.1) is 0 Å². The first kappa shape index (κ1) is 35.7. The lowest BCUT2D eigenvalue weighted by atomic mass is 9.92. The van der Waals surface area contributed by atoms with Gasteiger partial charge in [-0.05, 0) is 55.5 Å². The quantitative estimate of drug-likeness (QED) is 0.316. The van der Waals surface area contributed by atoms with Gasteiger partial charge in [-0.3, -0.25) is 14.4 Å². The minimum atomic E-state index is -1.17. The van der Waals surface area contributed by atoms with Crippen LogP contribution >= 0.6 is 0 Å². The van der Waals surface area contributed by atoms with Crippen LogP contribution in [0.1, 0.15) is 64.7 Å². The molecule has 47 heavy (non-hydrogen) atoms. The van der Waals surface area contributed by atoms with Crippen molar-refractivity contribution in [2.75, 3.05) is 25.5 Å². The highest BCUT2D eigenvalue weighted by Gasteiger charge is 2.48. The number of ether oxygens (including phenoxy) is 3. The van der Waals surface area contributed by atoms with Gasteiger partial charge in [0.15, 0.2) is 6.10 Å². The van der Waals surface area contributed by atoms with E-state index in [9.17, 15) is 19.2 Å². The van der Waals surface area contributed by atoms with Crippen molar-refractivity contribution in [3.05, 3.63) is 77.9 Å². The number of nitrogens with zero attached hydrogens (tertiary/aromatic N) is 1. The number of hydrogen-bond acceptors (Lipinski definition) is 8. The highest BCUT2D eigenvalue weighted by Crippen LogP contribution is 2.45. The molecule has 254 valence electrons. The topological polar surface area (TPSA) is 127 Å². The third-order valence-corrected chi connectivity index (χ3v) is 8.64. The zero-order valence-corrected chi connectivity index (χ0v) is 28.5. The van der Waals surface area contributed by atoms with Crippen LogP contribution in [0.5, 0.6) is 0 Å². The van der Waals surface area contributed by atoms with Crippen molar-refractivity contribution < 1.29 is 33.4 Å². The second-order valence-corrected chi connectivity index (χ2v) is 13.9. The molecule has 0 saturated carbocycles. The fourth-order valence-electron chi connectivity index (χ4n) is 5.56. The maximum Gasteiger partial charge on any atom is 0.347 e. The number of nitrogens with one attached hydrogen (secondary N) is 2. The van der Waals surface area contributed by atoms with E-state index in [0.717, 1.165) is 16.8 Å². The minimum absolute atomic E-state index is 0.0370. The minimum Gasteiger partial charge on any atom is -0.459 e. The molecular formula is C37H49N3O7. The Morgan fingerprint density at radius 3 is 2.26 bits per heavy atom. The molecule has 2 aromatic carbocycles. The Morgan fingerprint density at radius 1 is 0.936 bits per heavy atom. The Bertz CT molecular complexity index is 1420. The molecule has 4 rings (SSSR count). The average Bonchev–Trinajstić information content (AvgIpc) is 3.83. The van der Waals surface area contributed by atoms with Crippen molar-refractivity contribution in [3.8, 4) is 0 Å². The molecule has 0 radical (unpaired) electrons. The molecule has 10 nitrogen and oxygen atoms in total. The van der Waals surface area contributed by atoms with Crippen LogP contribution in [-0.4, -0.2) is 68.7 Å². The molecule has 2 aliphatic rings. The fourth-order valence-corrected chi connectivity index (χ4v) is 5.56. The molecule has 1 saturated heterocycles. The Morgan fingerprint density at radius 2 is 1.62 bits per heavy atom. The zero-order valence-electron chi connectivity index (χ0n) is 28.5. The molecule has 0 unspecified atom stereocenters. The van der Waals surface area contributed by atoms with Crippen LogP contribution in [0.25, 0.3) is 0 Å². The largest absolute Gasteiger partial charge is 0.459 e. The molecule has 2 aromatic rings. The molecule has 0 spiro atoms. The van der Waals surface area contributed by atoms with E-state index < -0.39 is 47.4 Å². The van der Waals surface area contributed by atoms with Crippen LogP contribution in [-0.2, 0) is 39.8 Å². The van der Waals surface area contributed by atoms with E-state index in [0.29, 0.717) is 0 Å². The number of esters is 2. The molecule has 0 bridgehead atoms. The fraction of sp³-hybridized carbons (Fsp3) is 0.514. The second kappa shape index (κ2) is 15.6. The molecule has 6 atom stereocenters. The monoisotopic (exact) mass is 647 g/mol. The summed E-state index contributed by atoms with van der Waals surface area (Å²) in [7, 11) is 3.89. The molecule has 1 fully saturated rings. The summed E-state index contributed by atoms with van der Waals surface area (Å²) in [6.45, 7) is 9.05. The number of benzene rings is 2. The Hall–Kier alpha value is -4.18. The first-order valence-corrected chi connectivity index (χ1v) is 16.4. The van der Waals surface area contributed by atoms with Gasteiger partial charge in [-0.25, -0.2) is 4.79 Å². The van der Waals surface area contributed by atoms with Gasteiger partial charge in [0.05, 0.1) is 11.5 Å². The summed E-state index contributed by atoms with van der Waals surface area (Å²) >= 11 is 0. The lowest BCUT2D eigenvalue weighted by Gasteiger charge is -2.29. The van der Waals surface area contributed by atoms with Crippen LogP contribution in [0.3, 0.4) is 0 Å². The number of epoxide rings is 1. The van der Waals surface area contributed by atoms with Gasteiger partial charge in [0.2, 0.25) is 11.8 Å². The lowest BCUT2D eigenvalue weighted by molar-refractivity contribution is -0.179. The smallest absolute Gasteiger partial charge is 0.347 e. The highest BCUT2D eigenvalue weighted by molar-refractivity contribution is 5.93. The third-order valence-electron chi connectivity index (χ3n) is 8.64. The van der Waals surface area contributed by atoms with E-state index in [1.54, 1.807) is 19.9 Å². The van der Waals surface area contributed by atoms with E-state index in [1.807, 2.05) is 94.4 Å². The number of amides is 2. The van der Waals surface area contributed by atoms with Crippen molar-refractivity contribution in [2.45, 2.75) is 84.3 Å². The average molecular weight is 648 g/mol. The lowest BCUT2D eigenvalue weighted by Crippen LogP contribution is -2.51. The summed E-state index contributed by atoms with van der Waals surface area (Å²) in [6.07, 6.45) is 1.64. The molecule has 0 aromatic heterocycles. The summed E-state index contributed by atoms with van der Waals surface area (Å²) in [6, 6.07) is 16.7. The number of carbonyl (C=O) groups excluding carboxylic acids is 4. The van der Waals surface area contributed by atoms with Gasteiger partial charge in [-0.2, -0.15) is 0 Å². The van der Waals surface area contributed by atoms with Crippen molar-refractivity contribution in [1.29, 1.82) is 0 Å². The van der Waals surface area contributed by atoms with Gasteiger partial charge in [0, 0.05) is 45.1 Å². The molecule has 0 aliphatic carbocycles. The van der Waals surface area contributed by atoms with E-state index in [4.69, 9.17) is 14.2 Å². The molecule has 2 aliphatic heterocycles. The summed E-state index contributed by atoms with van der Waals surface area (Å²) in [5.41, 5.74) is 1.74. The van der Waals surface area contributed by atoms with Crippen LogP contribution in [0, 0.1) is 17.3 Å². The number of hydrogen-bond donors (Lipinski definition) is 2. The first-order valence-electron chi connectivity index (χ1n) is 16.4. The summed E-state index contributed by atoms with van der Waals surface area (Å²) in [4.78, 5) is 55.6. The predicted molar refractivity (Wildman–Crippen MR) is 179 cm³/mol. The number of cyclic esters (lactones) is 2. The van der Waals surface area contributed by atoms with E-state index in [2.05, 4.69) is 10.6 Å². The predicted octanol–water partition coefficient (Wildman–Crippen LogP) is 4.53. The standard InChI is InChI=1S/C37H49N3O7/c1-23(2)20-30-35(43)45-29(24(3)32-33(47-32)26-12-9-8-10-13-26)14-11-15-31(41)39-28(21-25-16-18-27(19-17-25)40(6)7)34(42)38-22-37(4,5)36(44)46-30/h8-13,15-19,23-24,28-30,32-33H,14,20-22H2,1-7H3,(H,38,42)(H,39,41)/b15-11+/t24-,28+,29-,30-,32+,33+/m0/s1. The number of anilines is 1. The highest BCUT2D eigenvalue weighted by atomic mass is 16.6. The Labute approximate surface area is 278 Å². The van der Waals surface area contributed by atoms with E-state index >= 15 is 0 Å². The van der Waals surface area contributed by atoms with E-state index in [-0.39, 0.29) is 49.9 Å². The molecule has 2 heterocycles. The molecule has 2 N–H and O–H groups in total. The second-order valence-electron chi connectivity index (χ2n) is 13.9. The maximum absolute atomic E-state index is 13.6. The normalized spacial score (nSPS) is 26.8. The first-order chi connectivity index (χ1) is 22.2. The van der Waals surface area contributed by atoms with E-state index in [1.165, 1.54) is 6.08 Å². The SMILES string of the molecule is CC(C)C[C@@H]1OC(=O)C(C)(C)CNC(=O)[C@@H](Cc2ccc(N(C)C)cc2)NC(=O)/C=C/C[C@@H]([C@H](C)[C@H]2O[C@@H]2c2ccccc2)OC1=O. The van der Waals surface area contributed by atoms with Crippen molar-refractivity contribution in [2.24, 2.45) is 17.3 Å². The van der Waals surface area contributed by atoms with Crippen LogP contribution in [0.4, 0.5) is 5.69 Å². The van der Waals surface area contributed by atoms with Gasteiger partial charge >= 0.3 is 11.9 Å². The number of carbonyl (C=O) groups is 4. The van der Waals surface area contributed by atoms with Crippen molar-refractivity contribution in [3.63, 3.8) is 0 Å². The van der Waals surface area contributed by atoms with Gasteiger partial charge in [-0.1, -0.05) is 69.3 Å². The van der Waals surface area contributed by atoms with Gasteiger partial charge in [0.25, 0.3) is 0 Å². The van der Waals surface area contributed by atoms with Crippen molar-refractivity contribution in [1.82, 2.24) is 10.6 Å². The molecule has 10 heteroatoms. The molecular weight excluding hydrogens is 598 g/mol. The maximum atomic E-state index is 13.6. The number of rotatable bonds is 8. The van der Waals surface area contributed by atoms with Crippen LogP contribution in [0.15, 0.2) is 66.7 Å². The Kier molecular flexibility index (Phi) is 11.8. The van der Waals surface area contributed by atoms with Gasteiger partial charge in [0.1, 0.15) is 18.2 Å². The summed E-state index contributed by atoms with van der Waals surface area (Å²) in [5.74, 6) is -2.36. The summed E-state index contributed by atoms with van der Waals surface area (Å²) in [5, 5.41) is 5.64. The third kappa shape index (κ3) is 9.91. The zero-order chi connectivity index (χ0) is 34.3. The summed E-state index contributed by atoms with van der Waals surface area (Å²) < 4.78 is 17.9. The van der Waals surface area contributed by atoms with Crippen LogP contribution in [0.2, 0.25) is 0 Å². The van der Waals surface area contributed by atoms with Crippen LogP contribution < -0.4 is 15.5 Å². The van der Waals surface area contributed by atoms with Gasteiger partial charge < -0.3 is 29.7 Å².